The van der Waals surface area contributed by atoms with Crippen molar-refractivity contribution in [2.75, 3.05) is 18.0 Å². The maximum Gasteiger partial charge on any atom is 0.269 e. The van der Waals surface area contributed by atoms with Crippen molar-refractivity contribution in [3.8, 4) is 0 Å². The molecule has 1 saturated heterocycles. The number of amides is 1. The molecule has 2 heterocycles. The SMILES string of the molecule is O=C(NCc1ccc(F)c(Cl)c1)[C@H]1CCCN(c2cnn(Cc3ccccc3)c(=O)c2)C1. The molecular weight excluding hydrogens is 431 g/mol. The van der Waals surface area contributed by atoms with Crippen LogP contribution in [0.4, 0.5) is 10.1 Å². The molecule has 0 saturated carbocycles. The van der Waals surface area contributed by atoms with Crippen LogP contribution >= 0.6 is 11.6 Å². The van der Waals surface area contributed by atoms with Gasteiger partial charge in [-0.25, -0.2) is 9.07 Å². The first kappa shape index (κ1) is 22.0. The van der Waals surface area contributed by atoms with Gasteiger partial charge < -0.3 is 10.2 Å². The molecule has 0 aliphatic carbocycles. The second kappa shape index (κ2) is 9.96. The van der Waals surface area contributed by atoms with Crippen LogP contribution in [0.25, 0.3) is 0 Å². The smallest absolute Gasteiger partial charge is 0.269 e. The molecule has 32 heavy (non-hydrogen) atoms. The first-order valence-corrected chi connectivity index (χ1v) is 10.9. The lowest BCUT2D eigenvalue weighted by Crippen LogP contribution is -2.43. The summed E-state index contributed by atoms with van der Waals surface area (Å²) in [4.78, 5) is 27.3. The van der Waals surface area contributed by atoms with Gasteiger partial charge in [0, 0.05) is 25.7 Å². The molecule has 1 aliphatic heterocycles. The highest BCUT2D eigenvalue weighted by Crippen LogP contribution is 2.22. The van der Waals surface area contributed by atoms with Gasteiger partial charge in [-0.05, 0) is 36.1 Å². The topological polar surface area (TPSA) is 67.2 Å². The van der Waals surface area contributed by atoms with Crippen molar-refractivity contribution in [3.63, 3.8) is 0 Å². The van der Waals surface area contributed by atoms with E-state index in [0.717, 1.165) is 36.2 Å². The molecule has 0 bridgehead atoms. The Bertz CT molecular complexity index is 1150. The maximum atomic E-state index is 13.3. The molecule has 1 aliphatic rings. The quantitative estimate of drug-likeness (QED) is 0.617. The van der Waals surface area contributed by atoms with Crippen molar-refractivity contribution in [1.82, 2.24) is 15.1 Å². The zero-order valence-corrected chi connectivity index (χ0v) is 18.3. The van der Waals surface area contributed by atoms with Crippen LogP contribution in [0, 0.1) is 11.7 Å². The minimum Gasteiger partial charge on any atom is -0.369 e. The highest BCUT2D eigenvalue weighted by atomic mass is 35.5. The summed E-state index contributed by atoms with van der Waals surface area (Å²) < 4.78 is 14.7. The molecule has 6 nitrogen and oxygen atoms in total. The molecule has 3 aromatic rings. The lowest BCUT2D eigenvalue weighted by Gasteiger charge is -2.33. The van der Waals surface area contributed by atoms with Gasteiger partial charge in [0.25, 0.3) is 5.56 Å². The van der Waals surface area contributed by atoms with E-state index in [0.29, 0.717) is 13.1 Å². The standard InChI is InChI=1S/C24H24ClFN4O2/c25-21-11-18(8-9-22(21)26)13-27-24(32)19-7-4-10-29(16-19)20-12-23(31)30(28-14-20)15-17-5-2-1-3-6-17/h1-3,5-6,8-9,11-12,14,19H,4,7,10,13,15-16H2,(H,27,32)/t19-/m0/s1. The Morgan fingerprint density at radius 3 is 2.72 bits per heavy atom. The third-order valence-electron chi connectivity index (χ3n) is 5.64. The minimum absolute atomic E-state index is 0.0371. The second-order valence-electron chi connectivity index (χ2n) is 7.95. The molecule has 0 radical (unpaired) electrons. The Hall–Kier alpha value is -3.19. The summed E-state index contributed by atoms with van der Waals surface area (Å²) in [6.07, 6.45) is 3.30. The summed E-state index contributed by atoms with van der Waals surface area (Å²) in [5.74, 6) is -0.754. The van der Waals surface area contributed by atoms with Gasteiger partial charge in [-0.1, -0.05) is 48.0 Å². The highest BCUT2D eigenvalue weighted by molar-refractivity contribution is 6.30. The number of carbonyl (C=O) groups is 1. The monoisotopic (exact) mass is 454 g/mol. The number of benzene rings is 2. The number of carbonyl (C=O) groups excluding carboxylic acids is 1. The van der Waals surface area contributed by atoms with E-state index in [9.17, 15) is 14.0 Å². The van der Waals surface area contributed by atoms with Gasteiger partial charge in [0.15, 0.2) is 0 Å². The first-order chi connectivity index (χ1) is 15.5. The molecule has 1 atom stereocenters. The number of halogens is 2. The van der Waals surface area contributed by atoms with Crippen LogP contribution in [0.2, 0.25) is 5.02 Å². The van der Waals surface area contributed by atoms with E-state index in [1.165, 1.54) is 16.8 Å². The predicted octanol–water partition coefficient (Wildman–Crippen LogP) is 3.62. The molecular formula is C24H24ClFN4O2. The number of rotatable bonds is 6. The normalized spacial score (nSPS) is 16.1. The highest BCUT2D eigenvalue weighted by Gasteiger charge is 2.26. The zero-order chi connectivity index (χ0) is 22.5. The van der Waals surface area contributed by atoms with E-state index in [-0.39, 0.29) is 29.0 Å². The van der Waals surface area contributed by atoms with Gasteiger partial charge in [0.1, 0.15) is 5.82 Å². The first-order valence-electron chi connectivity index (χ1n) is 10.6. The Labute approximate surface area is 190 Å². The van der Waals surface area contributed by atoms with Crippen molar-refractivity contribution in [3.05, 3.63) is 93.1 Å². The van der Waals surface area contributed by atoms with Gasteiger partial charge >= 0.3 is 0 Å². The molecule has 1 N–H and O–H groups in total. The molecule has 8 heteroatoms. The van der Waals surface area contributed by atoms with E-state index in [4.69, 9.17) is 11.6 Å². The van der Waals surface area contributed by atoms with Crippen molar-refractivity contribution < 1.29 is 9.18 Å². The van der Waals surface area contributed by atoms with Crippen molar-refractivity contribution in [2.45, 2.75) is 25.9 Å². The summed E-state index contributed by atoms with van der Waals surface area (Å²) in [5, 5.41) is 7.27. The van der Waals surface area contributed by atoms with Crippen molar-refractivity contribution >= 4 is 23.2 Å². The number of nitrogens with zero attached hydrogens (tertiary/aromatic N) is 3. The molecule has 166 valence electrons. The Balaban J connectivity index is 1.37. The van der Waals surface area contributed by atoms with Gasteiger partial charge in [-0.3, -0.25) is 9.59 Å². The van der Waals surface area contributed by atoms with Gasteiger partial charge in [-0.15, -0.1) is 0 Å². The Morgan fingerprint density at radius 1 is 1.16 bits per heavy atom. The number of hydrogen-bond donors (Lipinski definition) is 1. The molecule has 1 aromatic heterocycles. The summed E-state index contributed by atoms with van der Waals surface area (Å²) in [6, 6.07) is 15.7. The molecule has 1 fully saturated rings. The zero-order valence-electron chi connectivity index (χ0n) is 17.5. The van der Waals surface area contributed by atoms with Gasteiger partial charge in [0.05, 0.1) is 29.4 Å². The fraction of sp³-hybridized carbons (Fsp3) is 0.292. The second-order valence-corrected chi connectivity index (χ2v) is 8.35. The molecule has 0 unspecified atom stereocenters. The predicted molar refractivity (Wildman–Crippen MR) is 122 cm³/mol. The largest absolute Gasteiger partial charge is 0.369 e. The molecule has 0 spiro atoms. The van der Waals surface area contributed by atoms with Crippen LogP contribution in [-0.2, 0) is 17.9 Å². The average molecular weight is 455 g/mol. The van der Waals surface area contributed by atoms with Crippen molar-refractivity contribution in [1.29, 1.82) is 0 Å². The van der Waals surface area contributed by atoms with Crippen LogP contribution in [-0.4, -0.2) is 28.8 Å². The maximum absolute atomic E-state index is 13.3. The van der Waals surface area contributed by atoms with Crippen molar-refractivity contribution in [2.24, 2.45) is 5.92 Å². The van der Waals surface area contributed by atoms with Crippen LogP contribution in [0.5, 0.6) is 0 Å². The Morgan fingerprint density at radius 2 is 1.97 bits per heavy atom. The van der Waals surface area contributed by atoms with Crippen LogP contribution in [0.15, 0.2) is 65.6 Å². The average Bonchev–Trinajstić information content (AvgIpc) is 2.81. The fourth-order valence-electron chi connectivity index (χ4n) is 3.88. The van der Waals surface area contributed by atoms with E-state index < -0.39 is 5.82 Å². The van der Waals surface area contributed by atoms with Crippen LogP contribution in [0.1, 0.15) is 24.0 Å². The van der Waals surface area contributed by atoms with Crippen LogP contribution < -0.4 is 15.8 Å². The summed E-state index contributed by atoms with van der Waals surface area (Å²) in [6.45, 7) is 1.98. The lowest BCUT2D eigenvalue weighted by molar-refractivity contribution is -0.125. The number of hydrogen-bond acceptors (Lipinski definition) is 4. The van der Waals surface area contributed by atoms with Gasteiger partial charge in [0.2, 0.25) is 5.91 Å². The number of piperidine rings is 1. The summed E-state index contributed by atoms with van der Waals surface area (Å²) >= 11 is 5.81. The molecule has 4 rings (SSSR count). The summed E-state index contributed by atoms with van der Waals surface area (Å²) in [7, 11) is 0. The number of nitrogens with one attached hydrogen (secondary N) is 1. The molecule has 2 aromatic carbocycles. The van der Waals surface area contributed by atoms with E-state index in [1.54, 1.807) is 18.3 Å². The number of anilines is 1. The number of aromatic nitrogens is 2. The summed E-state index contributed by atoms with van der Waals surface area (Å²) in [5.41, 5.74) is 2.30. The molecule has 1 amide bonds. The van der Waals surface area contributed by atoms with Gasteiger partial charge in [-0.2, -0.15) is 5.10 Å². The lowest BCUT2D eigenvalue weighted by atomic mass is 9.96. The van der Waals surface area contributed by atoms with Crippen LogP contribution in [0.3, 0.4) is 0 Å². The fourth-order valence-corrected chi connectivity index (χ4v) is 4.08. The minimum atomic E-state index is -0.482. The van der Waals surface area contributed by atoms with E-state index >= 15 is 0 Å². The third-order valence-corrected chi connectivity index (χ3v) is 5.93. The van der Waals surface area contributed by atoms with E-state index in [2.05, 4.69) is 10.4 Å². The Kier molecular flexibility index (Phi) is 6.85. The van der Waals surface area contributed by atoms with E-state index in [1.807, 2.05) is 35.2 Å². The third kappa shape index (κ3) is 5.34.